The van der Waals surface area contributed by atoms with Crippen LogP contribution in [-0.4, -0.2) is 18.9 Å². The molecule has 110 valence electrons. The lowest BCUT2D eigenvalue weighted by atomic mass is 9.91. The molecule has 0 radical (unpaired) electrons. The average molecular weight is 286 g/mol. The van der Waals surface area contributed by atoms with E-state index >= 15 is 0 Å². The van der Waals surface area contributed by atoms with Crippen molar-refractivity contribution < 1.29 is 18.0 Å². The number of halogens is 3. The van der Waals surface area contributed by atoms with Crippen molar-refractivity contribution in [3.63, 3.8) is 0 Å². The quantitative estimate of drug-likeness (QED) is 0.663. The van der Waals surface area contributed by atoms with Crippen molar-refractivity contribution in [2.75, 3.05) is 18.8 Å². The van der Waals surface area contributed by atoms with E-state index in [1.54, 1.807) is 0 Å². The van der Waals surface area contributed by atoms with Gasteiger partial charge in [-0.2, -0.15) is 13.2 Å². The third kappa shape index (κ3) is 3.50. The molecule has 1 unspecified atom stereocenters. The summed E-state index contributed by atoms with van der Waals surface area (Å²) in [6, 6.07) is 2.91. The third-order valence-corrected chi connectivity index (χ3v) is 3.55. The number of rotatable bonds is 3. The number of Topliss-reactive ketones (excluding diaryl/α,β-unsaturated/α-hetero) is 1. The molecule has 0 bridgehead atoms. The van der Waals surface area contributed by atoms with Crippen molar-refractivity contribution in [2.24, 2.45) is 5.92 Å². The molecule has 1 aliphatic rings. The number of nitrogen functional groups attached to an aromatic ring is 1. The SMILES string of the molecule is Nc1cc(C(F)(F)F)ccc1C(=O)CC1CCCNC1. The van der Waals surface area contributed by atoms with E-state index in [1.165, 1.54) is 6.07 Å². The van der Waals surface area contributed by atoms with Gasteiger partial charge in [0.1, 0.15) is 0 Å². The Balaban J connectivity index is 2.10. The van der Waals surface area contributed by atoms with E-state index in [0.29, 0.717) is 6.42 Å². The van der Waals surface area contributed by atoms with Gasteiger partial charge in [0.25, 0.3) is 0 Å². The van der Waals surface area contributed by atoms with Gasteiger partial charge in [0.05, 0.1) is 5.56 Å². The van der Waals surface area contributed by atoms with Crippen LogP contribution in [-0.2, 0) is 6.18 Å². The van der Waals surface area contributed by atoms with E-state index in [9.17, 15) is 18.0 Å². The first-order valence-corrected chi connectivity index (χ1v) is 6.58. The first kappa shape index (κ1) is 14.8. The van der Waals surface area contributed by atoms with Gasteiger partial charge in [-0.15, -0.1) is 0 Å². The van der Waals surface area contributed by atoms with Crippen LogP contribution in [0.1, 0.15) is 35.2 Å². The summed E-state index contributed by atoms with van der Waals surface area (Å²) in [4.78, 5) is 12.1. The number of anilines is 1. The number of nitrogens with two attached hydrogens (primary N) is 1. The van der Waals surface area contributed by atoms with E-state index in [1.807, 2.05) is 0 Å². The Kier molecular flexibility index (Phi) is 4.32. The molecule has 0 aliphatic carbocycles. The van der Waals surface area contributed by atoms with Crippen LogP contribution in [0.25, 0.3) is 0 Å². The molecule has 0 saturated carbocycles. The van der Waals surface area contributed by atoms with Gasteiger partial charge in [0.2, 0.25) is 0 Å². The van der Waals surface area contributed by atoms with Crippen LogP contribution in [0.15, 0.2) is 18.2 Å². The van der Waals surface area contributed by atoms with Gasteiger partial charge in [0, 0.05) is 17.7 Å². The Hall–Kier alpha value is -1.56. The molecule has 0 amide bonds. The lowest BCUT2D eigenvalue weighted by Gasteiger charge is -2.22. The number of piperidine rings is 1. The Morgan fingerprint density at radius 2 is 2.15 bits per heavy atom. The minimum Gasteiger partial charge on any atom is -0.398 e. The van der Waals surface area contributed by atoms with Crippen LogP contribution in [0.4, 0.5) is 18.9 Å². The predicted molar refractivity (Wildman–Crippen MR) is 70.4 cm³/mol. The highest BCUT2D eigenvalue weighted by atomic mass is 19.4. The van der Waals surface area contributed by atoms with Gasteiger partial charge in [0.15, 0.2) is 5.78 Å². The number of ketones is 1. The number of benzene rings is 1. The van der Waals surface area contributed by atoms with E-state index < -0.39 is 11.7 Å². The van der Waals surface area contributed by atoms with Crippen LogP contribution >= 0.6 is 0 Å². The number of alkyl halides is 3. The standard InChI is InChI=1S/C14H17F3N2O/c15-14(16,17)10-3-4-11(12(18)7-10)13(20)6-9-2-1-5-19-8-9/h3-4,7,9,19H,1-2,5-6,8,18H2. The smallest absolute Gasteiger partial charge is 0.398 e. The summed E-state index contributed by atoms with van der Waals surface area (Å²) in [6.07, 6.45) is -2.15. The van der Waals surface area contributed by atoms with E-state index in [2.05, 4.69) is 5.32 Å². The second kappa shape index (κ2) is 5.83. The van der Waals surface area contributed by atoms with Gasteiger partial charge >= 0.3 is 6.18 Å². The van der Waals surface area contributed by atoms with Crippen LogP contribution in [0.3, 0.4) is 0 Å². The lowest BCUT2D eigenvalue weighted by molar-refractivity contribution is -0.137. The highest BCUT2D eigenvalue weighted by molar-refractivity contribution is 6.01. The molecular formula is C14H17F3N2O. The average Bonchev–Trinajstić information content (AvgIpc) is 2.38. The maximum absolute atomic E-state index is 12.5. The van der Waals surface area contributed by atoms with Crippen molar-refractivity contribution >= 4 is 11.5 Å². The fourth-order valence-electron chi connectivity index (χ4n) is 2.46. The molecule has 6 heteroatoms. The zero-order valence-electron chi connectivity index (χ0n) is 11.0. The Labute approximate surface area is 115 Å². The van der Waals surface area contributed by atoms with Gasteiger partial charge in [-0.1, -0.05) is 0 Å². The molecule has 1 atom stereocenters. The molecule has 1 saturated heterocycles. The summed E-state index contributed by atoms with van der Waals surface area (Å²) in [5.41, 5.74) is 4.84. The van der Waals surface area contributed by atoms with Crippen LogP contribution in [0.5, 0.6) is 0 Å². The van der Waals surface area contributed by atoms with Crippen LogP contribution < -0.4 is 11.1 Å². The molecule has 0 spiro atoms. The second-order valence-corrected chi connectivity index (χ2v) is 5.14. The van der Waals surface area contributed by atoms with Gasteiger partial charge in [-0.25, -0.2) is 0 Å². The topological polar surface area (TPSA) is 55.1 Å². The molecular weight excluding hydrogens is 269 g/mol. The van der Waals surface area contributed by atoms with Crippen molar-refractivity contribution in [1.29, 1.82) is 0 Å². The highest BCUT2D eigenvalue weighted by Gasteiger charge is 2.31. The fourth-order valence-corrected chi connectivity index (χ4v) is 2.46. The van der Waals surface area contributed by atoms with E-state index in [0.717, 1.165) is 38.1 Å². The van der Waals surface area contributed by atoms with Crippen LogP contribution in [0.2, 0.25) is 0 Å². The number of nitrogens with one attached hydrogen (secondary N) is 1. The van der Waals surface area contributed by atoms with Gasteiger partial charge in [-0.3, -0.25) is 4.79 Å². The molecule has 3 N–H and O–H groups in total. The molecule has 1 aromatic rings. The highest BCUT2D eigenvalue weighted by Crippen LogP contribution is 2.32. The van der Waals surface area contributed by atoms with E-state index in [4.69, 9.17) is 5.73 Å². The molecule has 20 heavy (non-hydrogen) atoms. The van der Waals surface area contributed by atoms with Crippen LogP contribution in [0, 0.1) is 5.92 Å². The predicted octanol–water partition coefficient (Wildman–Crippen LogP) is 2.86. The summed E-state index contributed by atoms with van der Waals surface area (Å²) in [6.45, 7) is 1.72. The van der Waals surface area contributed by atoms with Crippen molar-refractivity contribution in [2.45, 2.75) is 25.4 Å². The first-order chi connectivity index (χ1) is 9.38. The molecule has 1 heterocycles. The normalized spacial score (nSPS) is 19.9. The maximum atomic E-state index is 12.5. The zero-order chi connectivity index (χ0) is 14.8. The number of hydrogen-bond acceptors (Lipinski definition) is 3. The molecule has 2 rings (SSSR count). The number of carbonyl (C=O) groups excluding carboxylic acids is 1. The molecule has 1 aliphatic heterocycles. The second-order valence-electron chi connectivity index (χ2n) is 5.14. The molecule has 1 aromatic carbocycles. The summed E-state index contributed by atoms with van der Waals surface area (Å²) >= 11 is 0. The molecule has 1 fully saturated rings. The third-order valence-electron chi connectivity index (χ3n) is 3.55. The van der Waals surface area contributed by atoms with E-state index in [-0.39, 0.29) is 23.0 Å². The molecule has 0 aromatic heterocycles. The minimum absolute atomic E-state index is 0.103. The lowest BCUT2D eigenvalue weighted by Crippen LogP contribution is -2.31. The monoisotopic (exact) mass is 286 g/mol. The Bertz CT molecular complexity index is 494. The number of hydrogen-bond donors (Lipinski definition) is 2. The summed E-state index contributed by atoms with van der Waals surface area (Å²) < 4.78 is 37.6. The van der Waals surface area contributed by atoms with Crippen molar-refractivity contribution in [3.8, 4) is 0 Å². The summed E-state index contributed by atoms with van der Waals surface area (Å²) in [7, 11) is 0. The maximum Gasteiger partial charge on any atom is 0.416 e. The number of carbonyl (C=O) groups is 1. The van der Waals surface area contributed by atoms with Crippen molar-refractivity contribution in [1.82, 2.24) is 5.32 Å². The summed E-state index contributed by atoms with van der Waals surface area (Å²) in [5, 5.41) is 3.20. The zero-order valence-corrected chi connectivity index (χ0v) is 11.0. The molecule has 3 nitrogen and oxygen atoms in total. The fraction of sp³-hybridized carbons (Fsp3) is 0.500. The van der Waals surface area contributed by atoms with Gasteiger partial charge < -0.3 is 11.1 Å². The summed E-state index contributed by atoms with van der Waals surface area (Å²) in [5.74, 6) is 0.0443. The Morgan fingerprint density at radius 3 is 2.70 bits per heavy atom. The Morgan fingerprint density at radius 1 is 1.40 bits per heavy atom. The van der Waals surface area contributed by atoms with Crippen molar-refractivity contribution in [3.05, 3.63) is 29.3 Å². The largest absolute Gasteiger partial charge is 0.416 e. The minimum atomic E-state index is -4.44. The first-order valence-electron chi connectivity index (χ1n) is 6.58. The van der Waals surface area contributed by atoms with Gasteiger partial charge in [-0.05, 0) is 50.0 Å².